The van der Waals surface area contributed by atoms with Crippen molar-refractivity contribution in [1.82, 2.24) is 15.2 Å². The summed E-state index contributed by atoms with van der Waals surface area (Å²) >= 11 is 0. The molecule has 0 bridgehead atoms. The summed E-state index contributed by atoms with van der Waals surface area (Å²) in [6.45, 7) is 4.14. The highest BCUT2D eigenvalue weighted by atomic mass is 35.5. The number of phenols is 1. The predicted octanol–water partition coefficient (Wildman–Crippen LogP) is 3.74. The number of carbonyl (C=O) groups is 1. The fourth-order valence-electron chi connectivity index (χ4n) is 3.97. The van der Waals surface area contributed by atoms with Gasteiger partial charge in [0.1, 0.15) is 11.5 Å². The smallest absolute Gasteiger partial charge is 0.231 e. The molecule has 0 saturated carbocycles. The quantitative estimate of drug-likeness (QED) is 0.323. The number of nitrogens with one attached hydrogen (secondary N) is 2. The topological polar surface area (TPSA) is 104 Å². The van der Waals surface area contributed by atoms with Gasteiger partial charge in [-0.15, -0.1) is 37.2 Å². The summed E-state index contributed by atoms with van der Waals surface area (Å²) in [7, 11) is 0. The first-order valence-corrected chi connectivity index (χ1v) is 9.69. The number of aromatic nitrogens is 1. The Morgan fingerprint density at radius 1 is 1.12 bits per heavy atom. The van der Waals surface area contributed by atoms with Crippen LogP contribution in [0.2, 0.25) is 0 Å². The van der Waals surface area contributed by atoms with Crippen molar-refractivity contribution in [2.24, 2.45) is 0 Å². The van der Waals surface area contributed by atoms with Crippen molar-refractivity contribution in [3.63, 3.8) is 0 Å². The lowest BCUT2D eigenvalue weighted by Gasteiger charge is -2.27. The largest absolute Gasteiger partial charge is 0.507 e. The number of ether oxygens (including phenoxy) is 1. The lowest BCUT2D eigenvalue weighted by molar-refractivity contribution is 0.101. The van der Waals surface area contributed by atoms with Crippen LogP contribution >= 0.6 is 37.2 Å². The van der Waals surface area contributed by atoms with Crippen LogP contribution in [0.25, 0.3) is 17.0 Å². The van der Waals surface area contributed by atoms with E-state index in [1.54, 1.807) is 18.2 Å². The summed E-state index contributed by atoms with van der Waals surface area (Å²) in [6, 6.07) is 8.81. The maximum atomic E-state index is 12.9. The van der Waals surface area contributed by atoms with Crippen LogP contribution in [0.5, 0.6) is 11.5 Å². The van der Waals surface area contributed by atoms with E-state index in [9.17, 15) is 9.90 Å². The molecule has 172 valence electrons. The number of nitrogen functional groups attached to an aromatic ring is 1. The molecule has 32 heavy (non-hydrogen) atoms. The van der Waals surface area contributed by atoms with Crippen LogP contribution in [0.15, 0.2) is 42.3 Å². The van der Waals surface area contributed by atoms with Crippen molar-refractivity contribution in [2.75, 3.05) is 31.9 Å². The molecule has 7 nitrogen and oxygen atoms in total. The van der Waals surface area contributed by atoms with E-state index in [4.69, 9.17) is 10.5 Å². The Morgan fingerprint density at radius 2 is 1.88 bits per heavy atom. The van der Waals surface area contributed by atoms with E-state index in [0.717, 1.165) is 42.6 Å². The molecule has 1 saturated heterocycles. The molecule has 0 spiro atoms. The van der Waals surface area contributed by atoms with Crippen LogP contribution in [-0.4, -0.2) is 47.0 Å². The Hall–Kier alpha value is -2.42. The van der Waals surface area contributed by atoms with E-state index in [0.29, 0.717) is 29.1 Å². The number of allylic oxidation sites excluding steroid dienone is 1. The average Bonchev–Trinajstić information content (AvgIpc) is 3.26. The van der Waals surface area contributed by atoms with Gasteiger partial charge < -0.3 is 25.9 Å². The lowest BCUT2D eigenvalue weighted by Crippen LogP contribution is -2.42. The molecule has 2 aliphatic heterocycles. The first kappa shape index (κ1) is 25.8. The van der Waals surface area contributed by atoms with Crippen molar-refractivity contribution in [3.8, 4) is 11.5 Å². The van der Waals surface area contributed by atoms with Gasteiger partial charge >= 0.3 is 0 Å². The third-order valence-corrected chi connectivity index (χ3v) is 5.53. The molecule has 3 aromatic rings. The minimum absolute atomic E-state index is 0. The molecule has 0 unspecified atom stereocenters. The Labute approximate surface area is 204 Å². The number of carbonyl (C=O) groups excluding carboxylic acids is 1. The highest BCUT2D eigenvalue weighted by Gasteiger charge is 2.32. The zero-order valence-corrected chi connectivity index (χ0v) is 19.5. The molecule has 1 aromatic heterocycles. The molecular weight excluding hydrogens is 475 g/mol. The molecule has 1 fully saturated rings. The van der Waals surface area contributed by atoms with Gasteiger partial charge in [-0.25, -0.2) is 0 Å². The summed E-state index contributed by atoms with van der Waals surface area (Å²) < 4.78 is 5.99. The van der Waals surface area contributed by atoms with Gasteiger partial charge in [0.05, 0.1) is 11.1 Å². The fourth-order valence-corrected chi connectivity index (χ4v) is 3.97. The summed E-state index contributed by atoms with van der Waals surface area (Å²) in [6.07, 6.45) is 3.57. The fraction of sp³-hybridized carbons (Fsp3) is 0.227. The lowest BCUT2D eigenvalue weighted by atomic mass is 10.0. The van der Waals surface area contributed by atoms with Crippen LogP contribution in [0.3, 0.4) is 0 Å². The van der Waals surface area contributed by atoms with Crippen molar-refractivity contribution in [2.45, 2.75) is 6.54 Å². The summed E-state index contributed by atoms with van der Waals surface area (Å²) in [5.74, 6) is 0.694. The number of nitrogens with zero attached hydrogens (tertiary/aromatic N) is 1. The Bertz CT molecular complexity index is 1160. The number of rotatable bonds is 3. The minimum atomic E-state index is -0.175. The number of fused-ring (bicyclic) bond motifs is 2. The summed E-state index contributed by atoms with van der Waals surface area (Å²) in [5, 5.41) is 14.7. The van der Waals surface area contributed by atoms with Crippen LogP contribution in [-0.2, 0) is 6.54 Å². The van der Waals surface area contributed by atoms with E-state index in [1.807, 2.05) is 24.4 Å². The number of piperazine rings is 1. The minimum Gasteiger partial charge on any atom is -0.507 e. The second kappa shape index (κ2) is 10.5. The van der Waals surface area contributed by atoms with E-state index in [-0.39, 0.29) is 54.5 Å². The highest BCUT2D eigenvalue weighted by molar-refractivity contribution is 6.15. The van der Waals surface area contributed by atoms with Crippen molar-refractivity contribution < 1.29 is 14.6 Å². The number of hydrogen-bond donors (Lipinski definition) is 4. The standard InChI is InChI=1S/C22H22N4O3.3ClH/c23-14-1-2-15-13(11-25-18(15)10-14)9-20-21(28)16-3-4-19(27)17(22(16)29-20)12-26-7-5-24-6-8-26;;;/h1-4,9-11,24-25,27H,5-8,12,23H2;3*1H/b20-9-;;;. The molecule has 2 aliphatic rings. The molecule has 2 aromatic carbocycles. The number of H-pyrrole nitrogens is 1. The van der Waals surface area contributed by atoms with Crippen LogP contribution in [0.4, 0.5) is 5.69 Å². The Balaban J connectivity index is 0.00000121. The first-order chi connectivity index (χ1) is 14.1. The van der Waals surface area contributed by atoms with Crippen molar-refractivity contribution in [3.05, 3.63) is 59.0 Å². The number of hydrogen-bond acceptors (Lipinski definition) is 6. The molecule has 5 N–H and O–H groups in total. The highest BCUT2D eigenvalue weighted by Crippen LogP contribution is 2.40. The normalized spacial score (nSPS) is 16.6. The third kappa shape index (κ3) is 4.67. The van der Waals surface area contributed by atoms with Gasteiger partial charge in [0.15, 0.2) is 5.76 Å². The van der Waals surface area contributed by atoms with Gasteiger partial charge in [0, 0.05) is 61.1 Å². The van der Waals surface area contributed by atoms with Gasteiger partial charge in [0.25, 0.3) is 0 Å². The number of aromatic hydroxyl groups is 1. The SMILES string of the molecule is Cl.Cl.Cl.Nc1ccc2c(/C=C3\Oc4c(ccc(O)c4CN4CCNCC4)C3=O)c[nH]c2c1. The van der Waals surface area contributed by atoms with E-state index < -0.39 is 0 Å². The van der Waals surface area contributed by atoms with Crippen molar-refractivity contribution in [1.29, 1.82) is 0 Å². The van der Waals surface area contributed by atoms with Crippen LogP contribution < -0.4 is 15.8 Å². The zero-order valence-electron chi connectivity index (χ0n) is 17.1. The Morgan fingerprint density at radius 3 is 2.62 bits per heavy atom. The number of nitrogens with two attached hydrogens (primary N) is 1. The monoisotopic (exact) mass is 498 g/mol. The molecule has 3 heterocycles. The predicted molar refractivity (Wildman–Crippen MR) is 134 cm³/mol. The number of ketones is 1. The number of benzene rings is 2. The number of anilines is 1. The first-order valence-electron chi connectivity index (χ1n) is 9.69. The van der Waals surface area contributed by atoms with Crippen LogP contribution in [0, 0.1) is 0 Å². The van der Waals surface area contributed by atoms with Gasteiger partial charge in [-0.1, -0.05) is 6.07 Å². The van der Waals surface area contributed by atoms with Gasteiger partial charge in [0.2, 0.25) is 5.78 Å². The van der Waals surface area contributed by atoms with E-state index in [2.05, 4.69) is 15.2 Å². The van der Waals surface area contributed by atoms with Gasteiger partial charge in [-0.2, -0.15) is 0 Å². The van der Waals surface area contributed by atoms with E-state index in [1.165, 1.54) is 0 Å². The second-order valence-corrected chi connectivity index (χ2v) is 7.45. The van der Waals surface area contributed by atoms with Gasteiger partial charge in [-0.05, 0) is 30.3 Å². The maximum absolute atomic E-state index is 12.9. The molecule has 0 aliphatic carbocycles. The average molecular weight is 500 g/mol. The molecule has 0 atom stereocenters. The number of phenolic OH excluding ortho intramolecular Hbond substituents is 1. The second-order valence-electron chi connectivity index (χ2n) is 7.45. The van der Waals surface area contributed by atoms with E-state index >= 15 is 0 Å². The number of Topliss-reactive ketones (excluding diaryl/α,β-unsaturated/α-hetero) is 1. The van der Waals surface area contributed by atoms with Crippen molar-refractivity contribution >= 4 is 65.7 Å². The van der Waals surface area contributed by atoms with Crippen LogP contribution in [0.1, 0.15) is 21.5 Å². The van der Waals surface area contributed by atoms with Gasteiger partial charge in [-0.3, -0.25) is 9.69 Å². The maximum Gasteiger partial charge on any atom is 0.231 e. The zero-order chi connectivity index (χ0) is 20.0. The third-order valence-electron chi connectivity index (χ3n) is 5.53. The summed E-state index contributed by atoms with van der Waals surface area (Å²) in [5.41, 5.74) is 9.41. The molecule has 5 rings (SSSR count). The molecule has 0 radical (unpaired) electrons. The molecule has 10 heteroatoms. The summed E-state index contributed by atoms with van der Waals surface area (Å²) in [4.78, 5) is 18.4. The molecule has 0 amide bonds. The number of aromatic amines is 1. The number of halogens is 3. The Kier molecular flexibility index (Phi) is 8.45. The molecular formula is C22H25Cl3N4O3.